The normalized spacial score (nSPS) is 10.8. The third-order valence-electron chi connectivity index (χ3n) is 2.38. The maximum absolute atomic E-state index is 5.50. The van der Waals surface area contributed by atoms with E-state index in [2.05, 4.69) is 10.1 Å². The number of pyridine rings is 1. The molecule has 0 bridgehead atoms. The summed E-state index contributed by atoms with van der Waals surface area (Å²) in [6.07, 6.45) is 0. The van der Waals surface area contributed by atoms with Crippen LogP contribution in [0.25, 0.3) is 22.4 Å². The van der Waals surface area contributed by atoms with Crippen LogP contribution < -0.4 is 5.73 Å². The second kappa shape index (κ2) is 3.34. The Bertz CT molecular complexity index is 645. The minimum atomic E-state index is 0.366. The van der Waals surface area contributed by atoms with E-state index < -0.39 is 0 Å². The molecule has 0 radical (unpaired) electrons. The van der Waals surface area contributed by atoms with E-state index in [0.29, 0.717) is 11.6 Å². The summed E-state index contributed by atoms with van der Waals surface area (Å²) in [6, 6.07) is 13.5. The molecule has 1 aromatic carbocycles. The molecule has 0 atom stereocenters. The average Bonchev–Trinajstić information content (AvgIpc) is 2.75. The Balaban J connectivity index is 2.18. The van der Waals surface area contributed by atoms with Crippen molar-refractivity contribution in [2.75, 3.05) is 5.73 Å². The minimum absolute atomic E-state index is 0.366. The molecule has 0 saturated carbocycles. The zero-order chi connectivity index (χ0) is 11.0. The Labute approximate surface area is 91.7 Å². The van der Waals surface area contributed by atoms with E-state index in [1.165, 1.54) is 0 Å². The van der Waals surface area contributed by atoms with Gasteiger partial charge in [0.15, 0.2) is 11.6 Å². The van der Waals surface area contributed by atoms with Crippen LogP contribution in [0.3, 0.4) is 0 Å². The number of benzene rings is 1. The Morgan fingerprint density at radius 1 is 1.06 bits per heavy atom. The third kappa shape index (κ3) is 1.40. The van der Waals surface area contributed by atoms with E-state index in [1.807, 2.05) is 36.4 Å². The maximum atomic E-state index is 5.50. The Morgan fingerprint density at radius 2 is 1.94 bits per heavy atom. The van der Waals surface area contributed by atoms with Gasteiger partial charge in [-0.05, 0) is 12.1 Å². The number of fused-ring (bicyclic) bond motifs is 1. The SMILES string of the molecule is Nc1cc(-c2ccc3ccccc3n2)on1. The molecule has 4 heteroatoms. The zero-order valence-corrected chi connectivity index (χ0v) is 8.42. The van der Waals surface area contributed by atoms with Crippen LogP contribution in [0, 0.1) is 0 Å². The van der Waals surface area contributed by atoms with Crippen LogP contribution in [0.4, 0.5) is 5.82 Å². The number of aromatic nitrogens is 2. The fraction of sp³-hybridized carbons (Fsp3) is 0. The lowest BCUT2D eigenvalue weighted by Crippen LogP contribution is -1.83. The molecule has 0 aliphatic rings. The van der Waals surface area contributed by atoms with Crippen molar-refractivity contribution in [3.05, 3.63) is 42.5 Å². The molecular weight excluding hydrogens is 202 g/mol. The summed E-state index contributed by atoms with van der Waals surface area (Å²) < 4.78 is 5.06. The van der Waals surface area contributed by atoms with Crippen LogP contribution in [0.1, 0.15) is 0 Å². The second-order valence-corrected chi connectivity index (χ2v) is 3.51. The number of nitrogens with zero attached hydrogens (tertiary/aromatic N) is 2. The zero-order valence-electron chi connectivity index (χ0n) is 8.42. The Hall–Kier alpha value is -2.36. The first-order valence-corrected chi connectivity index (χ1v) is 4.91. The molecule has 2 aromatic heterocycles. The number of hydrogen-bond acceptors (Lipinski definition) is 4. The molecule has 0 aliphatic heterocycles. The van der Waals surface area contributed by atoms with E-state index >= 15 is 0 Å². The summed E-state index contributed by atoms with van der Waals surface area (Å²) in [6.45, 7) is 0. The van der Waals surface area contributed by atoms with Gasteiger partial charge in [0.1, 0.15) is 5.69 Å². The summed E-state index contributed by atoms with van der Waals surface area (Å²) >= 11 is 0. The standard InChI is InChI=1S/C12H9N3O/c13-12-7-11(16-15-12)10-6-5-8-3-1-2-4-9(8)14-10/h1-7H,(H2,13,15). The van der Waals surface area contributed by atoms with E-state index in [4.69, 9.17) is 10.3 Å². The van der Waals surface area contributed by atoms with E-state index in [0.717, 1.165) is 16.6 Å². The molecule has 3 rings (SSSR count). The Morgan fingerprint density at radius 3 is 2.75 bits per heavy atom. The molecule has 0 amide bonds. The first kappa shape index (κ1) is 8.91. The highest BCUT2D eigenvalue weighted by Gasteiger charge is 2.06. The van der Waals surface area contributed by atoms with Crippen LogP contribution in [-0.2, 0) is 0 Å². The molecule has 0 saturated heterocycles. The van der Waals surface area contributed by atoms with Gasteiger partial charge in [0.25, 0.3) is 0 Å². The molecule has 0 fully saturated rings. The third-order valence-corrected chi connectivity index (χ3v) is 2.38. The first-order chi connectivity index (χ1) is 7.83. The number of rotatable bonds is 1. The molecule has 0 aliphatic carbocycles. The largest absolute Gasteiger partial charge is 0.381 e. The number of para-hydroxylation sites is 1. The molecule has 78 valence electrons. The van der Waals surface area contributed by atoms with Crippen LogP contribution in [-0.4, -0.2) is 10.1 Å². The van der Waals surface area contributed by atoms with Crippen LogP contribution in [0.5, 0.6) is 0 Å². The topological polar surface area (TPSA) is 64.9 Å². The smallest absolute Gasteiger partial charge is 0.187 e. The van der Waals surface area contributed by atoms with Crippen molar-refractivity contribution in [1.82, 2.24) is 10.1 Å². The van der Waals surface area contributed by atoms with Crippen LogP contribution in [0.15, 0.2) is 47.0 Å². The van der Waals surface area contributed by atoms with Gasteiger partial charge in [-0.3, -0.25) is 0 Å². The van der Waals surface area contributed by atoms with Crippen molar-refractivity contribution in [2.24, 2.45) is 0 Å². The van der Waals surface area contributed by atoms with E-state index in [1.54, 1.807) is 6.07 Å². The minimum Gasteiger partial charge on any atom is -0.381 e. The summed E-state index contributed by atoms with van der Waals surface area (Å²) in [5, 5.41) is 4.73. The van der Waals surface area contributed by atoms with Crippen molar-refractivity contribution < 1.29 is 4.52 Å². The predicted octanol–water partition coefficient (Wildman–Crippen LogP) is 2.47. The van der Waals surface area contributed by atoms with Gasteiger partial charge in [0.2, 0.25) is 0 Å². The van der Waals surface area contributed by atoms with Gasteiger partial charge in [0, 0.05) is 11.5 Å². The molecule has 16 heavy (non-hydrogen) atoms. The lowest BCUT2D eigenvalue weighted by Gasteiger charge is -1.98. The van der Waals surface area contributed by atoms with Crippen LogP contribution >= 0.6 is 0 Å². The van der Waals surface area contributed by atoms with Gasteiger partial charge >= 0.3 is 0 Å². The van der Waals surface area contributed by atoms with E-state index in [-0.39, 0.29) is 0 Å². The molecular formula is C12H9N3O. The fourth-order valence-electron chi connectivity index (χ4n) is 1.61. The highest BCUT2D eigenvalue weighted by Crippen LogP contribution is 2.21. The fourth-order valence-corrected chi connectivity index (χ4v) is 1.61. The van der Waals surface area contributed by atoms with Crippen molar-refractivity contribution in [2.45, 2.75) is 0 Å². The lowest BCUT2D eigenvalue weighted by molar-refractivity contribution is 0.434. The van der Waals surface area contributed by atoms with Crippen LogP contribution in [0.2, 0.25) is 0 Å². The first-order valence-electron chi connectivity index (χ1n) is 4.91. The Kier molecular flexibility index (Phi) is 1.86. The van der Waals surface area contributed by atoms with Crippen molar-refractivity contribution >= 4 is 16.7 Å². The second-order valence-electron chi connectivity index (χ2n) is 3.51. The predicted molar refractivity (Wildman–Crippen MR) is 61.7 cm³/mol. The summed E-state index contributed by atoms with van der Waals surface area (Å²) in [5.74, 6) is 0.952. The lowest BCUT2D eigenvalue weighted by atomic mass is 10.2. The number of nitrogen functional groups attached to an aromatic ring is 1. The highest BCUT2D eigenvalue weighted by molar-refractivity contribution is 5.80. The van der Waals surface area contributed by atoms with Gasteiger partial charge in [-0.25, -0.2) is 4.98 Å². The molecule has 0 spiro atoms. The maximum Gasteiger partial charge on any atom is 0.187 e. The van der Waals surface area contributed by atoms with Gasteiger partial charge in [-0.2, -0.15) is 0 Å². The van der Waals surface area contributed by atoms with Gasteiger partial charge < -0.3 is 10.3 Å². The van der Waals surface area contributed by atoms with Gasteiger partial charge in [0.05, 0.1) is 5.52 Å². The van der Waals surface area contributed by atoms with Crippen molar-refractivity contribution in [3.8, 4) is 11.5 Å². The number of hydrogen-bond donors (Lipinski definition) is 1. The number of nitrogens with two attached hydrogens (primary N) is 1. The number of anilines is 1. The summed E-state index contributed by atoms with van der Waals surface area (Å²) in [5.41, 5.74) is 7.16. The molecule has 0 unspecified atom stereocenters. The quantitative estimate of drug-likeness (QED) is 0.671. The molecule has 3 aromatic rings. The van der Waals surface area contributed by atoms with Gasteiger partial charge in [-0.15, -0.1) is 0 Å². The van der Waals surface area contributed by atoms with Gasteiger partial charge in [-0.1, -0.05) is 29.4 Å². The highest BCUT2D eigenvalue weighted by atomic mass is 16.5. The van der Waals surface area contributed by atoms with Crippen molar-refractivity contribution in [3.63, 3.8) is 0 Å². The summed E-state index contributed by atoms with van der Waals surface area (Å²) in [7, 11) is 0. The molecule has 4 nitrogen and oxygen atoms in total. The summed E-state index contributed by atoms with van der Waals surface area (Å²) in [4.78, 5) is 4.47. The van der Waals surface area contributed by atoms with Crippen molar-refractivity contribution in [1.29, 1.82) is 0 Å². The average molecular weight is 211 g/mol. The van der Waals surface area contributed by atoms with E-state index in [9.17, 15) is 0 Å². The monoisotopic (exact) mass is 211 g/mol. The molecule has 2 N–H and O–H groups in total. The molecule has 2 heterocycles.